The van der Waals surface area contributed by atoms with Gasteiger partial charge in [0, 0.05) is 18.5 Å². The quantitative estimate of drug-likeness (QED) is 0.857. The first-order chi connectivity index (χ1) is 10.6. The minimum absolute atomic E-state index is 0.129. The Hall–Kier alpha value is -1.81. The predicted molar refractivity (Wildman–Crippen MR) is 89.6 cm³/mol. The van der Waals surface area contributed by atoms with Crippen LogP contribution in [0.2, 0.25) is 0 Å². The third-order valence-corrected chi connectivity index (χ3v) is 4.88. The summed E-state index contributed by atoms with van der Waals surface area (Å²) < 4.78 is 5.85. The van der Waals surface area contributed by atoms with Gasteiger partial charge in [-0.2, -0.15) is 0 Å². The topological polar surface area (TPSA) is 29.5 Å². The van der Waals surface area contributed by atoms with Crippen molar-refractivity contribution in [1.29, 1.82) is 0 Å². The lowest BCUT2D eigenvalue weighted by atomic mass is 9.96. The number of para-hydroxylation sites is 1. The number of nitrogens with zero attached hydrogens (tertiary/aromatic N) is 1. The minimum atomic E-state index is 0.129. The van der Waals surface area contributed by atoms with Crippen LogP contribution in [0.4, 0.5) is 0 Å². The van der Waals surface area contributed by atoms with Crippen LogP contribution in [0.1, 0.15) is 29.1 Å². The van der Waals surface area contributed by atoms with Crippen LogP contribution in [0.25, 0.3) is 0 Å². The maximum Gasteiger partial charge on any atom is 0.264 e. The number of hydrogen-bond acceptors (Lipinski definition) is 3. The number of rotatable bonds is 4. The Balaban J connectivity index is 1.71. The molecule has 1 amide bonds. The Bertz CT molecular complexity index is 636. The minimum Gasteiger partial charge on any atom is -0.493 e. The van der Waals surface area contributed by atoms with Gasteiger partial charge in [-0.3, -0.25) is 4.79 Å². The van der Waals surface area contributed by atoms with E-state index in [2.05, 4.69) is 19.9 Å². The van der Waals surface area contributed by atoms with Gasteiger partial charge in [-0.1, -0.05) is 24.3 Å². The van der Waals surface area contributed by atoms with Crippen LogP contribution in [0.3, 0.4) is 0 Å². The van der Waals surface area contributed by atoms with Crippen molar-refractivity contribution in [3.63, 3.8) is 0 Å². The van der Waals surface area contributed by atoms with Gasteiger partial charge in [-0.05, 0) is 43.3 Å². The van der Waals surface area contributed by atoms with Crippen molar-refractivity contribution in [1.82, 2.24) is 4.90 Å². The molecule has 1 aromatic carbocycles. The molecule has 0 N–H and O–H groups in total. The summed E-state index contributed by atoms with van der Waals surface area (Å²) in [6, 6.07) is 12.2. The van der Waals surface area contributed by atoms with Gasteiger partial charge in [-0.15, -0.1) is 11.3 Å². The molecule has 0 aliphatic carbocycles. The molecule has 3 nitrogen and oxygen atoms in total. The zero-order valence-corrected chi connectivity index (χ0v) is 13.8. The number of hydrogen-bond donors (Lipinski definition) is 0. The molecule has 3 rings (SSSR count). The molecule has 4 heteroatoms. The largest absolute Gasteiger partial charge is 0.493 e. The summed E-state index contributed by atoms with van der Waals surface area (Å²) in [5.41, 5.74) is 1.24. The summed E-state index contributed by atoms with van der Waals surface area (Å²) >= 11 is 1.50. The molecular formula is C18H21NO2S. The molecule has 0 fully saturated rings. The molecule has 0 radical (unpaired) electrons. The summed E-state index contributed by atoms with van der Waals surface area (Å²) in [7, 11) is 0. The van der Waals surface area contributed by atoms with Crippen LogP contribution in [0, 0.1) is 5.92 Å². The number of fused-ring (bicyclic) bond motifs is 1. The fourth-order valence-corrected chi connectivity index (χ4v) is 3.54. The van der Waals surface area contributed by atoms with Crippen molar-refractivity contribution in [2.24, 2.45) is 5.92 Å². The number of amides is 1. The smallest absolute Gasteiger partial charge is 0.264 e. The van der Waals surface area contributed by atoms with Crippen LogP contribution in [-0.2, 0) is 6.42 Å². The summed E-state index contributed by atoms with van der Waals surface area (Å²) in [6.07, 6.45) is 0.969. The molecule has 1 atom stereocenters. The molecule has 0 unspecified atom stereocenters. The number of carbonyl (C=O) groups excluding carboxylic acids is 1. The van der Waals surface area contributed by atoms with Crippen molar-refractivity contribution in [3.8, 4) is 5.75 Å². The first-order valence-electron chi connectivity index (χ1n) is 7.70. The van der Waals surface area contributed by atoms with E-state index >= 15 is 0 Å². The van der Waals surface area contributed by atoms with Crippen molar-refractivity contribution in [2.75, 3.05) is 13.2 Å². The van der Waals surface area contributed by atoms with Gasteiger partial charge >= 0.3 is 0 Å². The Morgan fingerprint density at radius 1 is 1.32 bits per heavy atom. The fourth-order valence-electron chi connectivity index (χ4n) is 2.86. The molecule has 116 valence electrons. The summed E-state index contributed by atoms with van der Waals surface area (Å²) in [5.74, 6) is 1.46. The average molecular weight is 315 g/mol. The summed E-state index contributed by atoms with van der Waals surface area (Å²) in [5, 5.41) is 1.95. The average Bonchev–Trinajstić information content (AvgIpc) is 3.06. The maximum absolute atomic E-state index is 12.7. The van der Waals surface area contributed by atoms with Crippen LogP contribution in [-0.4, -0.2) is 30.0 Å². The summed E-state index contributed by atoms with van der Waals surface area (Å²) in [4.78, 5) is 15.4. The van der Waals surface area contributed by atoms with Crippen LogP contribution in [0.5, 0.6) is 5.75 Å². The lowest BCUT2D eigenvalue weighted by Gasteiger charge is -2.33. The SMILES string of the molecule is CC(C)N(C[C@H]1COc2ccccc2C1)C(=O)c1cccs1. The van der Waals surface area contributed by atoms with E-state index in [9.17, 15) is 4.79 Å². The monoisotopic (exact) mass is 315 g/mol. The third kappa shape index (κ3) is 3.17. The molecule has 0 saturated carbocycles. The highest BCUT2D eigenvalue weighted by atomic mass is 32.1. The number of ether oxygens (including phenoxy) is 1. The van der Waals surface area contributed by atoms with Gasteiger partial charge in [0.05, 0.1) is 11.5 Å². The number of carbonyl (C=O) groups is 1. The molecule has 0 spiro atoms. The molecule has 0 bridgehead atoms. The molecular weight excluding hydrogens is 294 g/mol. The van der Waals surface area contributed by atoms with Crippen LogP contribution in [0.15, 0.2) is 41.8 Å². The molecule has 22 heavy (non-hydrogen) atoms. The summed E-state index contributed by atoms with van der Waals surface area (Å²) in [6.45, 7) is 5.56. The highest BCUT2D eigenvalue weighted by Gasteiger charge is 2.26. The number of thiophene rings is 1. The van der Waals surface area contributed by atoms with Gasteiger partial charge in [0.1, 0.15) is 5.75 Å². The van der Waals surface area contributed by atoms with E-state index in [0.29, 0.717) is 12.5 Å². The third-order valence-electron chi connectivity index (χ3n) is 4.03. The standard InChI is InChI=1S/C18H21NO2S/c1-13(2)19(18(20)17-8-5-9-22-17)11-14-10-15-6-3-4-7-16(15)21-12-14/h3-9,13-14H,10-12H2,1-2H3/t14-/m0/s1. The Kier molecular flexibility index (Phi) is 4.48. The molecule has 2 heterocycles. The van der Waals surface area contributed by atoms with Crippen molar-refractivity contribution in [3.05, 3.63) is 52.2 Å². The zero-order chi connectivity index (χ0) is 15.5. The first kappa shape index (κ1) is 15.1. The fraction of sp³-hybridized carbons (Fsp3) is 0.389. The Morgan fingerprint density at radius 3 is 2.86 bits per heavy atom. The predicted octanol–water partition coefficient (Wildman–Crippen LogP) is 3.85. The second-order valence-corrected chi connectivity index (χ2v) is 6.97. The van der Waals surface area contributed by atoms with Crippen molar-refractivity contribution < 1.29 is 9.53 Å². The molecule has 1 aliphatic rings. The Labute approximate surface area is 135 Å². The Morgan fingerprint density at radius 2 is 2.14 bits per heavy atom. The second-order valence-electron chi connectivity index (χ2n) is 6.02. The van der Waals surface area contributed by atoms with Crippen LogP contribution < -0.4 is 4.74 Å². The zero-order valence-electron chi connectivity index (χ0n) is 13.0. The van der Waals surface area contributed by atoms with Gasteiger partial charge in [-0.25, -0.2) is 0 Å². The second kappa shape index (κ2) is 6.53. The van der Waals surface area contributed by atoms with E-state index in [1.165, 1.54) is 16.9 Å². The van der Waals surface area contributed by atoms with E-state index in [1.54, 1.807) is 0 Å². The highest BCUT2D eigenvalue weighted by Crippen LogP contribution is 2.28. The highest BCUT2D eigenvalue weighted by molar-refractivity contribution is 7.12. The first-order valence-corrected chi connectivity index (χ1v) is 8.58. The van der Waals surface area contributed by atoms with Crippen molar-refractivity contribution in [2.45, 2.75) is 26.3 Å². The van der Waals surface area contributed by atoms with Crippen molar-refractivity contribution >= 4 is 17.2 Å². The molecule has 1 aromatic heterocycles. The van der Waals surface area contributed by atoms with E-state index < -0.39 is 0 Å². The van der Waals surface area contributed by atoms with Gasteiger partial charge < -0.3 is 9.64 Å². The molecule has 0 saturated heterocycles. The molecule has 2 aromatic rings. The number of benzene rings is 1. The van der Waals surface area contributed by atoms with E-state index in [4.69, 9.17) is 4.74 Å². The van der Waals surface area contributed by atoms with E-state index in [-0.39, 0.29) is 11.9 Å². The van der Waals surface area contributed by atoms with Gasteiger partial charge in [0.15, 0.2) is 0 Å². The van der Waals surface area contributed by atoms with Gasteiger partial charge in [0.25, 0.3) is 5.91 Å². The lowest BCUT2D eigenvalue weighted by molar-refractivity contribution is 0.0641. The van der Waals surface area contributed by atoms with Gasteiger partial charge in [0.2, 0.25) is 0 Å². The lowest BCUT2D eigenvalue weighted by Crippen LogP contribution is -2.42. The maximum atomic E-state index is 12.7. The van der Waals surface area contributed by atoms with E-state index in [1.807, 2.05) is 40.6 Å². The molecule has 1 aliphatic heterocycles. The van der Waals surface area contributed by atoms with E-state index in [0.717, 1.165) is 23.6 Å². The van der Waals surface area contributed by atoms with Crippen LogP contribution >= 0.6 is 11.3 Å². The normalized spacial score (nSPS) is 17.0.